The Labute approximate surface area is 154 Å². The second-order valence-electron chi connectivity index (χ2n) is 7.60. The first-order valence-corrected chi connectivity index (χ1v) is 10.1. The molecule has 0 radical (unpaired) electrons. The van der Waals surface area contributed by atoms with Crippen LogP contribution in [0.1, 0.15) is 46.5 Å². The lowest BCUT2D eigenvalue weighted by Gasteiger charge is -2.29. The minimum atomic E-state index is -0.132. The van der Waals surface area contributed by atoms with Gasteiger partial charge in [-0.25, -0.2) is 0 Å². The van der Waals surface area contributed by atoms with Crippen molar-refractivity contribution < 1.29 is 9.59 Å². The molecule has 0 aromatic heterocycles. The van der Waals surface area contributed by atoms with E-state index in [1.807, 2.05) is 31.2 Å². The summed E-state index contributed by atoms with van der Waals surface area (Å²) in [4.78, 5) is 24.6. The average Bonchev–Trinajstić information content (AvgIpc) is 3.19. The molecule has 3 rings (SSSR count). The maximum Gasteiger partial charge on any atom is 0.233 e. The molecule has 0 unspecified atom stereocenters. The van der Waals surface area contributed by atoms with Crippen LogP contribution in [0.5, 0.6) is 0 Å². The Hall–Kier alpha value is -1.49. The summed E-state index contributed by atoms with van der Waals surface area (Å²) in [7, 11) is 0. The summed E-state index contributed by atoms with van der Waals surface area (Å²) in [5, 5.41) is 5.87. The third-order valence-corrected chi connectivity index (χ3v) is 6.77. The normalized spacial score (nSPS) is 26.9. The number of hydrogen-bond donors (Lipinski definition) is 2. The molecule has 5 atom stereocenters. The molecule has 25 heavy (non-hydrogen) atoms. The molecule has 2 fully saturated rings. The monoisotopic (exact) mass is 360 g/mol. The first kappa shape index (κ1) is 18.3. The molecule has 1 aromatic carbocycles. The SMILES string of the molecule is CC(=O)Nc1ccc(S[C@H](C)C(=O)N[C@H](C)[C@H]2C[C@@H]3CC[C@@H]2C3)cc1. The first-order chi connectivity index (χ1) is 11.9. The molecule has 4 nitrogen and oxygen atoms in total. The lowest BCUT2D eigenvalue weighted by Crippen LogP contribution is -2.43. The van der Waals surface area contributed by atoms with Gasteiger partial charge in [-0.15, -0.1) is 11.8 Å². The molecule has 2 amide bonds. The molecule has 2 aliphatic rings. The van der Waals surface area contributed by atoms with Gasteiger partial charge >= 0.3 is 0 Å². The second kappa shape index (κ2) is 7.81. The van der Waals surface area contributed by atoms with Crippen LogP contribution in [0.15, 0.2) is 29.2 Å². The molecule has 2 aliphatic carbocycles. The lowest BCUT2D eigenvalue weighted by molar-refractivity contribution is -0.121. The molecular formula is C20H28N2O2S. The Bertz CT molecular complexity index is 631. The summed E-state index contributed by atoms with van der Waals surface area (Å²) in [5.74, 6) is 2.43. The van der Waals surface area contributed by atoms with Gasteiger partial charge in [0.15, 0.2) is 0 Å². The first-order valence-electron chi connectivity index (χ1n) is 9.27. The lowest BCUT2D eigenvalue weighted by atomic mass is 9.84. The number of thioether (sulfide) groups is 1. The number of hydrogen-bond acceptors (Lipinski definition) is 3. The van der Waals surface area contributed by atoms with Crippen LogP contribution in [0.25, 0.3) is 0 Å². The fourth-order valence-electron chi connectivity index (χ4n) is 4.43. The maximum absolute atomic E-state index is 12.5. The molecule has 0 heterocycles. The largest absolute Gasteiger partial charge is 0.352 e. The highest BCUT2D eigenvalue weighted by Gasteiger charge is 2.42. The molecule has 2 N–H and O–H groups in total. The highest BCUT2D eigenvalue weighted by Crippen LogP contribution is 2.49. The van der Waals surface area contributed by atoms with Gasteiger partial charge in [0, 0.05) is 23.5 Å². The minimum Gasteiger partial charge on any atom is -0.352 e. The van der Waals surface area contributed by atoms with Crippen LogP contribution >= 0.6 is 11.8 Å². The van der Waals surface area contributed by atoms with E-state index in [4.69, 9.17) is 0 Å². The Morgan fingerprint density at radius 3 is 2.40 bits per heavy atom. The number of fused-ring (bicyclic) bond motifs is 2. The van der Waals surface area contributed by atoms with E-state index in [-0.39, 0.29) is 23.1 Å². The van der Waals surface area contributed by atoms with E-state index in [2.05, 4.69) is 17.6 Å². The molecule has 5 heteroatoms. The van der Waals surface area contributed by atoms with E-state index in [0.717, 1.165) is 22.4 Å². The van der Waals surface area contributed by atoms with Crippen LogP contribution in [0, 0.1) is 17.8 Å². The molecule has 2 saturated carbocycles. The summed E-state index contributed by atoms with van der Waals surface area (Å²) < 4.78 is 0. The molecule has 1 aromatic rings. The van der Waals surface area contributed by atoms with Crippen molar-refractivity contribution in [3.8, 4) is 0 Å². The van der Waals surface area contributed by atoms with Crippen molar-refractivity contribution in [2.24, 2.45) is 17.8 Å². The number of rotatable bonds is 6. The van der Waals surface area contributed by atoms with E-state index in [9.17, 15) is 9.59 Å². The van der Waals surface area contributed by atoms with Crippen molar-refractivity contribution in [3.63, 3.8) is 0 Å². The molecule has 2 bridgehead atoms. The fraction of sp³-hybridized carbons (Fsp3) is 0.600. The van der Waals surface area contributed by atoms with Crippen LogP contribution in [0.2, 0.25) is 0 Å². The van der Waals surface area contributed by atoms with Crippen molar-refractivity contribution in [2.45, 2.75) is 62.6 Å². The van der Waals surface area contributed by atoms with E-state index >= 15 is 0 Å². The third kappa shape index (κ3) is 4.57. The zero-order valence-electron chi connectivity index (χ0n) is 15.2. The van der Waals surface area contributed by atoms with Crippen molar-refractivity contribution in [3.05, 3.63) is 24.3 Å². The summed E-state index contributed by atoms with van der Waals surface area (Å²) in [5.41, 5.74) is 0.777. The number of anilines is 1. The van der Waals surface area contributed by atoms with E-state index in [0.29, 0.717) is 5.92 Å². The predicted molar refractivity (Wildman–Crippen MR) is 103 cm³/mol. The van der Waals surface area contributed by atoms with Gasteiger partial charge in [-0.3, -0.25) is 9.59 Å². The van der Waals surface area contributed by atoms with Gasteiger partial charge in [-0.05, 0) is 75.1 Å². The van der Waals surface area contributed by atoms with Gasteiger partial charge in [0.1, 0.15) is 0 Å². The molecule has 136 valence electrons. The Morgan fingerprint density at radius 1 is 1.12 bits per heavy atom. The predicted octanol–water partition coefficient (Wildman–Crippen LogP) is 4.07. The van der Waals surface area contributed by atoms with Gasteiger partial charge in [0.05, 0.1) is 5.25 Å². The Kier molecular flexibility index (Phi) is 5.72. The van der Waals surface area contributed by atoms with Gasteiger partial charge in [0.2, 0.25) is 11.8 Å². The van der Waals surface area contributed by atoms with E-state index in [1.54, 1.807) is 11.8 Å². The highest BCUT2D eigenvalue weighted by atomic mass is 32.2. The summed E-state index contributed by atoms with van der Waals surface area (Å²) in [6.07, 6.45) is 5.40. The number of carbonyl (C=O) groups excluding carboxylic acids is 2. The maximum atomic E-state index is 12.5. The van der Waals surface area contributed by atoms with Crippen LogP contribution < -0.4 is 10.6 Å². The topological polar surface area (TPSA) is 58.2 Å². The quantitative estimate of drug-likeness (QED) is 0.752. The van der Waals surface area contributed by atoms with Crippen molar-refractivity contribution in [1.82, 2.24) is 5.32 Å². The standard InChI is InChI=1S/C20H28N2O2S/c1-12(19-11-15-4-5-16(19)10-15)21-20(24)13(2)25-18-8-6-17(7-9-18)22-14(3)23/h6-9,12-13,15-16,19H,4-5,10-11H2,1-3H3,(H,21,24)(H,22,23)/t12-,13-,15-,16-,19-/m1/s1. The Balaban J connectivity index is 1.49. The number of benzene rings is 1. The average molecular weight is 361 g/mol. The highest BCUT2D eigenvalue weighted by molar-refractivity contribution is 8.00. The van der Waals surface area contributed by atoms with Gasteiger partial charge in [-0.1, -0.05) is 6.42 Å². The van der Waals surface area contributed by atoms with Crippen molar-refractivity contribution >= 4 is 29.3 Å². The molecular weight excluding hydrogens is 332 g/mol. The smallest absolute Gasteiger partial charge is 0.233 e. The molecule has 0 aliphatic heterocycles. The zero-order chi connectivity index (χ0) is 18.0. The summed E-state index contributed by atoms with van der Waals surface area (Å²) in [6.45, 7) is 5.62. The summed E-state index contributed by atoms with van der Waals surface area (Å²) in [6, 6.07) is 7.89. The second-order valence-corrected chi connectivity index (χ2v) is 9.02. The summed E-state index contributed by atoms with van der Waals surface area (Å²) >= 11 is 1.55. The number of nitrogens with one attached hydrogen (secondary N) is 2. The van der Waals surface area contributed by atoms with E-state index in [1.165, 1.54) is 32.6 Å². The van der Waals surface area contributed by atoms with Crippen LogP contribution in [-0.2, 0) is 9.59 Å². The number of carbonyl (C=O) groups is 2. The van der Waals surface area contributed by atoms with E-state index < -0.39 is 0 Å². The van der Waals surface area contributed by atoms with Crippen molar-refractivity contribution in [2.75, 3.05) is 5.32 Å². The van der Waals surface area contributed by atoms with Gasteiger partial charge < -0.3 is 10.6 Å². The van der Waals surface area contributed by atoms with Crippen molar-refractivity contribution in [1.29, 1.82) is 0 Å². The molecule has 0 spiro atoms. The Morgan fingerprint density at radius 2 is 1.84 bits per heavy atom. The number of amides is 2. The third-order valence-electron chi connectivity index (χ3n) is 5.66. The van der Waals surface area contributed by atoms with Crippen LogP contribution in [-0.4, -0.2) is 23.1 Å². The van der Waals surface area contributed by atoms with Crippen LogP contribution in [0.4, 0.5) is 5.69 Å². The zero-order valence-corrected chi connectivity index (χ0v) is 16.1. The van der Waals surface area contributed by atoms with Gasteiger partial charge in [-0.2, -0.15) is 0 Å². The van der Waals surface area contributed by atoms with Crippen LogP contribution in [0.3, 0.4) is 0 Å². The fourth-order valence-corrected chi connectivity index (χ4v) is 5.31. The minimum absolute atomic E-state index is 0.0808. The molecule has 0 saturated heterocycles. The van der Waals surface area contributed by atoms with Gasteiger partial charge in [0.25, 0.3) is 0 Å².